The van der Waals surface area contributed by atoms with Crippen molar-refractivity contribution in [2.75, 3.05) is 0 Å². The third-order valence-electron chi connectivity index (χ3n) is 4.57. The monoisotopic (exact) mass is 453 g/mol. The van der Waals surface area contributed by atoms with Crippen LogP contribution in [-0.4, -0.2) is 37.4 Å². The molecular formula is C20H31NO3Sn. The van der Waals surface area contributed by atoms with Crippen LogP contribution in [0.2, 0.25) is 8.87 Å². The summed E-state index contributed by atoms with van der Waals surface area (Å²) < 4.78 is 14.6. The van der Waals surface area contributed by atoms with Gasteiger partial charge in [0.25, 0.3) is 0 Å². The number of benzene rings is 1. The van der Waals surface area contributed by atoms with Crippen LogP contribution in [0.3, 0.4) is 0 Å². The number of hydrogen-bond donors (Lipinski definition) is 0. The SMILES string of the molecule is CCC[CH2][Sn]1([CH2]CCC)[O]C(=O)C(C(C)C)N=Cc2ccccc2[O]1. The predicted octanol–water partition coefficient (Wildman–Crippen LogP) is 5.11. The zero-order valence-electron chi connectivity index (χ0n) is 16.0. The van der Waals surface area contributed by atoms with E-state index in [4.69, 9.17) is 6.15 Å². The Hall–Kier alpha value is -1.04. The van der Waals surface area contributed by atoms with Gasteiger partial charge in [-0.2, -0.15) is 0 Å². The number of nitrogens with zero attached hydrogens (tertiary/aromatic N) is 1. The van der Waals surface area contributed by atoms with Crippen molar-refractivity contribution in [2.24, 2.45) is 10.9 Å². The third-order valence-corrected chi connectivity index (χ3v) is 14.3. The molecular weight excluding hydrogens is 421 g/mol. The number of hydrogen-bond acceptors (Lipinski definition) is 4. The van der Waals surface area contributed by atoms with Gasteiger partial charge in [-0.15, -0.1) is 0 Å². The molecule has 0 amide bonds. The first-order valence-corrected chi connectivity index (χ1v) is 15.9. The van der Waals surface area contributed by atoms with Gasteiger partial charge in [-0.25, -0.2) is 0 Å². The van der Waals surface area contributed by atoms with Crippen LogP contribution >= 0.6 is 0 Å². The maximum absolute atomic E-state index is 12.9. The summed E-state index contributed by atoms with van der Waals surface area (Å²) in [6.07, 6.45) is 6.03. The van der Waals surface area contributed by atoms with Gasteiger partial charge in [0.05, 0.1) is 0 Å². The van der Waals surface area contributed by atoms with Gasteiger partial charge >= 0.3 is 157 Å². The molecule has 138 valence electrons. The first kappa shape index (κ1) is 20.3. The molecule has 2 rings (SSSR count). The molecule has 0 saturated heterocycles. The van der Waals surface area contributed by atoms with E-state index in [2.05, 4.69) is 18.8 Å². The number of aliphatic imine (C=N–C) groups is 1. The van der Waals surface area contributed by atoms with Crippen LogP contribution in [0.4, 0.5) is 0 Å². The Kier molecular flexibility index (Phi) is 7.78. The van der Waals surface area contributed by atoms with Crippen molar-refractivity contribution in [1.29, 1.82) is 0 Å². The van der Waals surface area contributed by atoms with Crippen molar-refractivity contribution in [3.8, 4) is 5.75 Å². The second-order valence-corrected chi connectivity index (χ2v) is 16.4. The van der Waals surface area contributed by atoms with Crippen molar-refractivity contribution in [1.82, 2.24) is 0 Å². The van der Waals surface area contributed by atoms with Crippen molar-refractivity contribution >= 4 is 31.4 Å². The fourth-order valence-corrected chi connectivity index (χ4v) is 13.2. The topological polar surface area (TPSA) is 47.9 Å². The van der Waals surface area contributed by atoms with Gasteiger partial charge in [0.1, 0.15) is 0 Å². The maximum atomic E-state index is 12.9. The van der Waals surface area contributed by atoms with E-state index in [1.165, 1.54) is 0 Å². The van der Waals surface area contributed by atoms with Gasteiger partial charge in [-0.05, 0) is 0 Å². The van der Waals surface area contributed by atoms with Crippen molar-refractivity contribution in [2.45, 2.75) is 68.3 Å². The van der Waals surface area contributed by atoms with E-state index < -0.39 is 25.2 Å². The van der Waals surface area contributed by atoms with E-state index in [0.717, 1.165) is 45.9 Å². The van der Waals surface area contributed by atoms with E-state index in [1.807, 2.05) is 38.1 Å². The number of carbonyl (C=O) groups excluding carboxylic acids is 1. The fraction of sp³-hybridized carbons (Fsp3) is 0.600. The Labute approximate surface area is 157 Å². The second kappa shape index (κ2) is 9.60. The summed E-state index contributed by atoms with van der Waals surface area (Å²) in [5.74, 6) is 0.740. The second-order valence-electron chi connectivity index (χ2n) is 7.15. The molecule has 1 aliphatic rings. The Morgan fingerprint density at radius 3 is 2.32 bits per heavy atom. The summed E-state index contributed by atoms with van der Waals surface area (Å²) in [5.41, 5.74) is 0.945. The number of unbranched alkanes of at least 4 members (excludes halogenated alkanes) is 2. The van der Waals surface area contributed by atoms with Gasteiger partial charge < -0.3 is 0 Å². The molecule has 1 aliphatic heterocycles. The minimum atomic E-state index is -3.58. The molecule has 1 aromatic rings. The Morgan fingerprint density at radius 1 is 1.08 bits per heavy atom. The molecule has 5 heteroatoms. The molecule has 1 atom stereocenters. The van der Waals surface area contributed by atoms with E-state index in [9.17, 15) is 4.79 Å². The van der Waals surface area contributed by atoms with Gasteiger partial charge in [0.2, 0.25) is 0 Å². The van der Waals surface area contributed by atoms with Crippen LogP contribution in [0.5, 0.6) is 5.75 Å². The summed E-state index contributed by atoms with van der Waals surface area (Å²) in [5, 5.41) is 0. The number of fused-ring (bicyclic) bond motifs is 1. The van der Waals surface area contributed by atoms with Crippen LogP contribution in [-0.2, 0) is 7.87 Å². The molecule has 0 radical (unpaired) electrons. The summed E-state index contributed by atoms with van der Waals surface area (Å²) in [4.78, 5) is 17.4. The van der Waals surface area contributed by atoms with E-state index >= 15 is 0 Å². The average molecular weight is 452 g/mol. The molecule has 25 heavy (non-hydrogen) atoms. The van der Waals surface area contributed by atoms with Gasteiger partial charge in [-0.1, -0.05) is 0 Å². The average Bonchev–Trinajstić information content (AvgIpc) is 2.64. The van der Waals surface area contributed by atoms with Crippen LogP contribution < -0.4 is 3.07 Å². The van der Waals surface area contributed by atoms with Gasteiger partial charge in [0, 0.05) is 0 Å². The molecule has 1 heterocycles. The first-order valence-electron chi connectivity index (χ1n) is 9.55. The zero-order valence-corrected chi connectivity index (χ0v) is 18.8. The Balaban J connectivity index is 2.46. The standard InChI is InChI=1S/C12H15NO3.2C4H9.Sn/c1-8(2)11(12(15)16)13-7-9-5-3-4-6-10(9)14;2*1-3-4-2;/h3-8,11,14H,1-2H3,(H,15,16);2*1,3-4H2,2H3;/q;;;+2/p-2. The van der Waals surface area contributed by atoms with E-state index in [1.54, 1.807) is 6.21 Å². The predicted molar refractivity (Wildman–Crippen MR) is 105 cm³/mol. The summed E-state index contributed by atoms with van der Waals surface area (Å²) in [7, 11) is 0. The van der Waals surface area contributed by atoms with Gasteiger partial charge in [-0.3, -0.25) is 0 Å². The van der Waals surface area contributed by atoms with Gasteiger partial charge in [0.15, 0.2) is 0 Å². The molecule has 4 nitrogen and oxygen atoms in total. The molecule has 0 bridgehead atoms. The minimum absolute atomic E-state index is 0.107. The van der Waals surface area contributed by atoms with Crippen LogP contribution in [0.1, 0.15) is 58.9 Å². The molecule has 0 aromatic heterocycles. The molecule has 0 fully saturated rings. The number of para-hydroxylation sites is 1. The van der Waals surface area contributed by atoms with Crippen molar-refractivity contribution in [3.05, 3.63) is 29.8 Å². The molecule has 0 N–H and O–H groups in total. The number of rotatable bonds is 7. The summed E-state index contributed by atoms with van der Waals surface area (Å²) in [6, 6.07) is 7.49. The quantitative estimate of drug-likeness (QED) is 0.541. The Bertz CT molecular complexity index is 592. The molecule has 1 aromatic carbocycles. The third kappa shape index (κ3) is 5.46. The molecule has 0 saturated carbocycles. The number of carbonyl (C=O) groups is 1. The van der Waals surface area contributed by atoms with E-state index in [0.29, 0.717) is 0 Å². The molecule has 1 unspecified atom stereocenters. The van der Waals surface area contributed by atoms with Crippen LogP contribution in [0.15, 0.2) is 29.3 Å². The van der Waals surface area contributed by atoms with Crippen molar-refractivity contribution in [3.63, 3.8) is 0 Å². The van der Waals surface area contributed by atoms with E-state index in [-0.39, 0.29) is 11.9 Å². The first-order chi connectivity index (χ1) is 12.0. The zero-order chi connectivity index (χ0) is 18.3. The van der Waals surface area contributed by atoms with Crippen molar-refractivity contribution < 1.29 is 10.9 Å². The fourth-order valence-electron chi connectivity index (χ4n) is 3.03. The normalized spacial score (nSPS) is 19.4. The Morgan fingerprint density at radius 2 is 1.72 bits per heavy atom. The van der Waals surface area contributed by atoms with Crippen LogP contribution in [0, 0.1) is 5.92 Å². The summed E-state index contributed by atoms with van der Waals surface area (Å²) in [6.45, 7) is 8.38. The molecule has 0 spiro atoms. The van der Waals surface area contributed by atoms with Crippen LogP contribution in [0.25, 0.3) is 0 Å². The summed E-state index contributed by atoms with van der Waals surface area (Å²) >= 11 is -3.58. The molecule has 0 aliphatic carbocycles.